The van der Waals surface area contributed by atoms with Crippen molar-refractivity contribution in [3.63, 3.8) is 0 Å². The van der Waals surface area contributed by atoms with Gasteiger partial charge in [-0.3, -0.25) is 15.1 Å². The van der Waals surface area contributed by atoms with Crippen molar-refractivity contribution in [2.45, 2.75) is 13.0 Å². The normalized spacial score (nSPS) is 12.6. The maximum absolute atomic E-state index is 10.8. The summed E-state index contributed by atoms with van der Waals surface area (Å²) in [7, 11) is 0. The van der Waals surface area contributed by atoms with Crippen molar-refractivity contribution in [3.8, 4) is 0 Å². The maximum Gasteiger partial charge on any atom is 0.278 e. The monoisotopic (exact) mass is 218 g/mol. The zero-order valence-electron chi connectivity index (χ0n) is 8.62. The van der Waals surface area contributed by atoms with Crippen LogP contribution in [0.1, 0.15) is 18.6 Å². The highest BCUT2D eigenvalue weighted by molar-refractivity contribution is 5.92. The summed E-state index contributed by atoms with van der Waals surface area (Å²) in [5.41, 5.74) is 0.676. The summed E-state index contributed by atoms with van der Waals surface area (Å²) in [6.45, 7) is 1.63. The fraction of sp³-hybridized carbons (Fsp3) is 0.182. The molecule has 0 aliphatic carbocycles. The molecule has 5 nitrogen and oxygen atoms in total. The molecule has 5 heteroatoms. The highest BCUT2D eigenvalue weighted by atomic mass is 16.6. The summed E-state index contributed by atoms with van der Waals surface area (Å²) in [5.74, 6) is 0. The molecule has 1 N–H and O–H groups in total. The van der Waals surface area contributed by atoms with Gasteiger partial charge in [-0.25, -0.2) is 0 Å². The van der Waals surface area contributed by atoms with Gasteiger partial charge in [0, 0.05) is 18.5 Å². The summed E-state index contributed by atoms with van der Waals surface area (Å²) < 4.78 is 0. The molecule has 0 fully saturated rings. The molecule has 2 rings (SSSR count). The van der Waals surface area contributed by atoms with Crippen molar-refractivity contribution in [1.29, 1.82) is 0 Å². The van der Waals surface area contributed by atoms with E-state index in [2.05, 4.69) is 4.98 Å². The van der Waals surface area contributed by atoms with Gasteiger partial charge in [0.1, 0.15) is 0 Å². The van der Waals surface area contributed by atoms with Crippen LogP contribution in [0.15, 0.2) is 30.6 Å². The van der Waals surface area contributed by atoms with Crippen molar-refractivity contribution < 1.29 is 10.0 Å². The Labute approximate surface area is 91.5 Å². The molecule has 1 heterocycles. The number of aliphatic hydroxyl groups excluding tert-OH is 1. The first kappa shape index (κ1) is 10.5. The number of aromatic nitrogens is 1. The lowest BCUT2D eigenvalue weighted by Gasteiger charge is -2.08. The predicted molar refractivity (Wildman–Crippen MR) is 59.0 cm³/mol. The SMILES string of the molecule is CC(O)c1ccc([N+](=O)[O-])c2cnccc12. The Hall–Kier alpha value is -2.01. The number of aliphatic hydroxyl groups is 1. The zero-order valence-corrected chi connectivity index (χ0v) is 8.62. The van der Waals surface area contributed by atoms with Crippen molar-refractivity contribution in [2.24, 2.45) is 0 Å². The van der Waals surface area contributed by atoms with Gasteiger partial charge in [-0.15, -0.1) is 0 Å². The van der Waals surface area contributed by atoms with E-state index in [1.54, 1.807) is 25.3 Å². The quantitative estimate of drug-likeness (QED) is 0.619. The number of rotatable bonds is 2. The lowest BCUT2D eigenvalue weighted by molar-refractivity contribution is -0.383. The summed E-state index contributed by atoms with van der Waals surface area (Å²) in [6, 6.07) is 4.64. The predicted octanol–water partition coefficient (Wildman–Crippen LogP) is 2.20. The van der Waals surface area contributed by atoms with E-state index in [0.29, 0.717) is 16.3 Å². The van der Waals surface area contributed by atoms with Crippen LogP contribution in [-0.4, -0.2) is 15.0 Å². The molecule has 0 amide bonds. The first-order valence-corrected chi connectivity index (χ1v) is 4.80. The summed E-state index contributed by atoms with van der Waals surface area (Å²) in [5, 5.41) is 21.5. The second-order valence-electron chi connectivity index (χ2n) is 3.53. The molecule has 0 saturated carbocycles. The minimum atomic E-state index is -0.661. The molecule has 1 atom stereocenters. The fourth-order valence-electron chi connectivity index (χ4n) is 1.72. The molecule has 2 aromatic rings. The summed E-state index contributed by atoms with van der Waals surface area (Å²) in [6.07, 6.45) is 2.34. The third kappa shape index (κ3) is 1.61. The van der Waals surface area contributed by atoms with Crippen LogP contribution in [0.4, 0.5) is 5.69 Å². The standard InChI is InChI=1S/C11H10N2O3/c1-7(14)8-2-3-11(13(15)16)10-6-12-5-4-9(8)10/h2-7,14H,1H3. The Morgan fingerprint density at radius 1 is 1.38 bits per heavy atom. The number of hydrogen-bond acceptors (Lipinski definition) is 4. The lowest BCUT2D eigenvalue weighted by atomic mass is 10.0. The number of nitrogens with zero attached hydrogens (tertiary/aromatic N) is 2. The van der Waals surface area contributed by atoms with Gasteiger partial charge in [0.2, 0.25) is 0 Å². The molecule has 0 bridgehead atoms. The van der Waals surface area contributed by atoms with Gasteiger partial charge in [-0.1, -0.05) is 0 Å². The van der Waals surface area contributed by atoms with E-state index in [0.717, 1.165) is 0 Å². The first-order chi connectivity index (χ1) is 7.61. The average molecular weight is 218 g/mol. The topological polar surface area (TPSA) is 76.3 Å². The number of nitro benzene ring substituents is 1. The van der Waals surface area contributed by atoms with E-state index in [1.807, 2.05) is 0 Å². The zero-order chi connectivity index (χ0) is 11.7. The van der Waals surface area contributed by atoms with E-state index in [9.17, 15) is 15.2 Å². The molecule has 0 spiro atoms. The first-order valence-electron chi connectivity index (χ1n) is 4.80. The second kappa shape index (κ2) is 3.86. The number of hydrogen-bond donors (Lipinski definition) is 1. The maximum atomic E-state index is 10.8. The van der Waals surface area contributed by atoms with Crippen molar-refractivity contribution in [3.05, 3.63) is 46.3 Å². The van der Waals surface area contributed by atoms with Gasteiger partial charge in [0.25, 0.3) is 5.69 Å². The van der Waals surface area contributed by atoms with Crippen LogP contribution in [0.2, 0.25) is 0 Å². The highest BCUT2D eigenvalue weighted by Crippen LogP contribution is 2.30. The minimum Gasteiger partial charge on any atom is -0.389 e. The Morgan fingerprint density at radius 2 is 2.12 bits per heavy atom. The van der Waals surface area contributed by atoms with Gasteiger partial charge in [0.15, 0.2) is 0 Å². The third-order valence-electron chi connectivity index (χ3n) is 2.48. The van der Waals surface area contributed by atoms with Crippen LogP contribution in [0.3, 0.4) is 0 Å². The van der Waals surface area contributed by atoms with Crippen LogP contribution in [0, 0.1) is 10.1 Å². The largest absolute Gasteiger partial charge is 0.389 e. The number of non-ortho nitro benzene ring substituents is 1. The number of nitro groups is 1. The lowest BCUT2D eigenvalue weighted by Crippen LogP contribution is -1.96. The molecule has 0 aliphatic heterocycles. The van der Waals surface area contributed by atoms with Crippen molar-refractivity contribution in [1.82, 2.24) is 4.98 Å². The smallest absolute Gasteiger partial charge is 0.278 e. The Kier molecular flexibility index (Phi) is 2.54. The van der Waals surface area contributed by atoms with E-state index in [4.69, 9.17) is 0 Å². The highest BCUT2D eigenvalue weighted by Gasteiger charge is 2.15. The van der Waals surface area contributed by atoms with E-state index >= 15 is 0 Å². The van der Waals surface area contributed by atoms with Crippen LogP contribution in [0.5, 0.6) is 0 Å². The Morgan fingerprint density at radius 3 is 2.75 bits per heavy atom. The fourth-order valence-corrected chi connectivity index (χ4v) is 1.72. The Balaban J connectivity index is 2.82. The summed E-state index contributed by atoms with van der Waals surface area (Å²) in [4.78, 5) is 14.2. The molecule has 1 unspecified atom stereocenters. The molecule has 1 aromatic carbocycles. The number of benzene rings is 1. The van der Waals surface area contributed by atoms with Gasteiger partial charge in [0.05, 0.1) is 16.4 Å². The Bertz CT molecular complexity index is 552. The van der Waals surface area contributed by atoms with Crippen LogP contribution < -0.4 is 0 Å². The van der Waals surface area contributed by atoms with E-state index in [1.165, 1.54) is 12.3 Å². The van der Waals surface area contributed by atoms with Crippen molar-refractivity contribution in [2.75, 3.05) is 0 Å². The van der Waals surface area contributed by atoms with Gasteiger partial charge < -0.3 is 5.11 Å². The molecular formula is C11H10N2O3. The van der Waals surface area contributed by atoms with E-state index in [-0.39, 0.29) is 5.69 Å². The number of pyridine rings is 1. The second-order valence-corrected chi connectivity index (χ2v) is 3.53. The van der Waals surface area contributed by atoms with Gasteiger partial charge in [-0.2, -0.15) is 0 Å². The molecule has 0 radical (unpaired) electrons. The third-order valence-corrected chi connectivity index (χ3v) is 2.48. The molecule has 82 valence electrons. The molecular weight excluding hydrogens is 208 g/mol. The summed E-state index contributed by atoms with van der Waals surface area (Å²) >= 11 is 0. The average Bonchev–Trinajstić information content (AvgIpc) is 2.27. The van der Waals surface area contributed by atoms with Crippen LogP contribution in [-0.2, 0) is 0 Å². The van der Waals surface area contributed by atoms with Gasteiger partial charge >= 0.3 is 0 Å². The number of fused-ring (bicyclic) bond motifs is 1. The van der Waals surface area contributed by atoms with E-state index < -0.39 is 11.0 Å². The molecule has 16 heavy (non-hydrogen) atoms. The molecule has 0 aliphatic rings. The van der Waals surface area contributed by atoms with Crippen LogP contribution >= 0.6 is 0 Å². The minimum absolute atomic E-state index is 0.00694. The van der Waals surface area contributed by atoms with Crippen molar-refractivity contribution >= 4 is 16.5 Å². The molecule has 0 saturated heterocycles. The van der Waals surface area contributed by atoms with Crippen LogP contribution in [0.25, 0.3) is 10.8 Å². The van der Waals surface area contributed by atoms with Gasteiger partial charge in [-0.05, 0) is 30.0 Å². The molecule has 1 aromatic heterocycles.